The number of carbonyl (C=O) groups excluding carboxylic acids is 1. The molecule has 0 radical (unpaired) electrons. The molecule has 2 heterocycles. The van der Waals surface area contributed by atoms with E-state index < -0.39 is 12.0 Å². The fraction of sp³-hybridized carbons (Fsp3) is 0.143. The summed E-state index contributed by atoms with van der Waals surface area (Å²) in [7, 11) is 0. The lowest BCUT2D eigenvalue weighted by Gasteiger charge is -2.30. The molecule has 4 rings (SSSR count). The molecule has 1 atom stereocenters. The Morgan fingerprint density at radius 1 is 1.24 bits per heavy atom. The summed E-state index contributed by atoms with van der Waals surface area (Å²) in [5.74, 6) is 0.0181. The number of para-hydroxylation sites is 1. The van der Waals surface area contributed by atoms with Crippen LogP contribution in [0.25, 0.3) is 11.3 Å². The van der Waals surface area contributed by atoms with E-state index in [0.29, 0.717) is 27.9 Å². The van der Waals surface area contributed by atoms with Crippen LogP contribution in [0.2, 0.25) is 0 Å². The molecule has 0 unspecified atom stereocenters. The zero-order valence-electron chi connectivity index (χ0n) is 15.6. The number of halogens is 1. The smallest absolute Gasteiger partial charge is 0.247 e. The Kier molecular flexibility index (Phi) is 5.26. The molecule has 0 saturated carbocycles. The summed E-state index contributed by atoms with van der Waals surface area (Å²) in [6.07, 6.45) is 0.695. The van der Waals surface area contributed by atoms with Crippen LogP contribution in [0.15, 0.2) is 66.3 Å². The van der Waals surface area contributed by atoms with Gasteiger partial charge in [-0.05, 0) is 12.1 Å². The molecule has 1 aliphatic heterocycles. The number of benzene rings is 2. The highest BCUT2D eigenvalue weighted by Crippen LogP contribution is 2.43. The number of ether oxygens (including phenoxy) is 1. The van der Waals surface area contributed by atoms with E-state index in [4.69, 9.17) is 4.74 Å². The van der Waals surface area contributed by atoms with Crippen LogP contribution in [-0.2, 0) is 4.79 Å². The highest BCUT2D eigenvalue weighted by molar-refractivity contribution is 7.99. The third-order valence-corrected chi connectivity index (χ3v) is 5.19. The van der Waals surface area contributed by atoms with Crippen molar-refractivity contribution in [3.63, 3.8) is 0 Å². The lowest BCUT2D eigenvalue weighted by molar-refractivity contribution is -0.118. The lowest BCUT2D eigenvalue weighted by Crippen LogP contribution is -2.36. The largest absolute Gasteiger partial charge is 0.447 e. The van der Waals surface area contributed by atoms with Crippen molar-refractivity contribution >= 4 is 23.4 Å². The maximum Gasteiger partial charge on any atom is 0.247 e. The van der Waals surface area contributed by atoms with Crippen molar-refractivity contribution in [1.29, 1.82) is 0 Å². The first-order chi connectivity index (χ1) is 14.1. The van der Waals surface area contributed by atoms with E-state index >= 15 is 0 Å². The van der Waals surface area contributed by atoms with Crippen LogP contribution in [0.1, 0.15) is 18.7 Å². The van der Waals surface area contributed by atoms with E-state index in [0.717, 1.165) is 0 Å². The molecule has 3 aromatic rings. The predicted octanol–water partition coefficient (Wildman–Crippen LogP) is 4.40. The Morgan fingerprint density at radius 3 is 2.76 bits per heavy atom. The van der Waals surface area contributed by atoms with E-state index in [2.05, 4.69) is 21.8 Å². The number of fused-ring (bicyclic) bond motifs is 3. The first-order valence-electron chi connectivity index (χ1n) is 8.89. The second-order valence-corrected chi connectivity index (χ2v) is 7.23. The Labute approximate surface area is 171 Å². The number of hydrogen-bond donors (Lipinski definition) is 0. The summed E-state index contributed by atoms with van der Waals surface area (Å²) in [5, 5.41) is 8.85. The molecule has 2 aromatic carbocycles. The number of hydrogen-bond acceptors (Lipinski definition) is 6. The highest BCUT2D eigenvalue weighted by atomic mass is 32.2. The summed E-state index contributed by atoms with van der Waals surface area (Å²) in [6, 6.07) is 13.4. The van der Waals surface area contributed by atoms with Gasteiger partial charge in [0, 0.05) is 23.8 Å². The van der Waals surface area contributed by atoms with Gasteiger partial charge in [0.15, 0.2) is 5.69 Å². The van der Waals surface area contributed by atoms with Gasteiger partial charge in [0.2, 0.25) is 23.2 Å². The van der Waals surface area contributed by atoms with Crippen molar-refractivity contribution in [2.24, 2.45) is 0 Å². The van der Waals surface area contributed by atoms with E-state index in [-0.39, 0.29) is 17.4 Å². The van der Waals surface area contributed by atoms with Crippen molar-refractivity contribution < 1.29 is 13.9 Å². The Hall–Kier alpha value is -3.26. The van der Waals surface area contributed by atoms with Crippen LogP contribution >= 0.6 is 11.8 Å². The van der Waals surface area contributed by atoms with E-state index in [1.165, 1.54) is 29.7 Å². The Balaban J connectivity index is 1.93. The maximum absolute atomic E-state index is 14.7. The molecule has 0 N–H and O–H groups in total. The SMILES string of the molecule is C=CCSc1nnc2c(n1)O[C@@H](c1ccccc1F)N(C(C)=O)c1ccccc1-2. The van der Waals surface area contributed by atoms with Crippen LogP contribution in [0.5, 0.6) is 5.88 Å². The Morgan fingerprint density at radius 2 is 2.00 bits per heavy atom. The number of amides is 1. The monoisotopic (exact) mass is 408 g/mol. The molecule has 0 fully saturated rings. The molecule has 8 heteroatoms. The zero-order valence-corrected chi connectivity index (χ0v) is 16.4. The predicted molar refractivity (Wildman–Crippen MR) is 109 cm³/mol. The molecule has 0 bridgehead atoms. The third-order valence-electron chi connectivity index (χ3n) is 4.35. The summed E-state index contributed by atoms with van der Waals surface area (Å²) in [5.41, 5.74) is 1.81. The summed E-state index contributed by atoms with van der Waals surface area (Å²) in [4.78, 5) is 18.5. The van der Waals surface area contributed by atoms with Crippen molar-refractivity contribution in [1.82, 2.24) is 15.2 Å². The van der Waals surface area contributed by atoms with Gasteiger partial charge in [-0.1, -0.05) is 54.2 Å². The average Bonchev–Trinajstić information content (AvgIpc) is 2.86. The molecule has 6 nitrogen and oxygen atoms in total. The second-order valence-electron chi connectivity index (χ2n) is 6.25. The van der Waals surface area contributed by atoms with E-state index in [9.17, 15) is 9.18 Å². The number of rotatable bonds is 4. The Bertz CT molecular complexity index is 1090. The van der Waals surface area contributed by atoms with Gasteiger partial charge in [-0.3, -0.25) is 9.69 Å². The molecular weight excluding hydrogens is 391 g/mol. The third kappa shape index (κ3) is 3.58. The number of carbonyl (C=O) groups is 1. The van der Waals surface area contributed by atoms with Crippen LogP contribution in [-0.4, -0.2) is 26.8 Å². The molecular formula is C21H17FN4O2S. The van der Waals surface area contributed by atoms with Gasteiger partial charge in [0.05, 0.1) is 5.69 Å². The quantitative estimate of drug-likeness (QED) is 0.471. The fourth-order valence-corrected chi connectivity index (χ4v) is 3.64. The van der Waals surface area contributed by atoms with Gasteiger partial charge in [-0.2, -0.15) is 4.98 Å². The topological polar surface area (TPSA) is 68.2 Å². The minimum atomic E-state index is -1.04. The van der Waals surface area contributed by atoms with E-state index in [1.54, 1.807) is 36.4 Å². The van der Waals surface area contributed by atoms with Crippen LogP contribution in [0.3, 0.4) is 0 Å². The number of thioether (sulfide) groups is 1. The van der Waals surface area contributed by atoms with E-state index in [1.807, 2.05) is 12.1 Å². The standard InChI is InChI=1S/C21H17FN4O2S/c1-3-12-29-21-23-19-18(24-25-21)15-9-5-7-11-17(15)26(13(2)27)20(28-19)14-8-4-6-10-16(14)22/h3-11,20H,1,12H2,2H3/t20-/m0/s1. The number of aromatic nitrogens is 3. The fourth-order valence-electron chi connectivity index (χ4n) is 3.12. The van der Waals surface area contributed by atoms with Gasteiger partial charge in [0.25, 0.3) is 0 Å². The molecule has 1 amide bonds. The first kappa shape index (κ1) is 19.1. The summed E-state index contributed by atoms with van der Waals surface area (Å²) in [6.45, 7) is 5.10. The average molecular weight is 408 g/mol. The molecule has 1 aliphatic rings. The van der Waals surface area contributed by atoms with Gasteiger partial charge < -0.3 is 4.74 Å². The maximum atomic E-state index is 14.7. The van der Waals surface area contributed by atoms with Gasteiger partial charge in [-0.25, -0.2) is 4.39 Å². The molecule has 0 spiro atoms. The molecule has 0 aliphatic carbocycles. The number of anilines is 1. The number of nitrogens with zero attached hydrogens (tertiary/aromatic N) is 4. The summed E-state index contributed by atoms with van der Waals surface area (Å²) < 4.78 is 20.8. The minimum absolute atomic E-state index is 0.191. The summed E-state index contributed by atoms with van der Waals surface area (Å²) >= 11 is 1.35. The van der Waals surface area contributed by atoms with Crippen LogP contribution in [0, 0.1) is 5.82 Å². The van der Waals surface area contributed by atoms with Crippen LogP contribution < -0.4 is 9.64 Å². The molecule has 29 heavy (non-hydrogen) atoms. The van der Waals surface area contributed by atoms with Crippen molar-refractivity contribution in [2.75, 3.05) is 10.7 Å². The van der Waals surface area contributed by atoms with Crippen molar-refractivity contribution in [3.8, 4) is 17.1 Å². The molecule has 146 valence electrons. The normalized spacial score (nSPS) is 15.0. The van der Waals surface area contributed by atoms with Crippen molar-refractivity contribution in [2.45, 2.75) is 18.3 Å². The minimum Gasteiger partial charge on any atom is -0.447 e. The van der Waals surface area contributed by atoms with Gasteiger partial charge >= 0.3 is 0 Å². The molecule has 1 aromatic heterocycles. The second kappa shape index (κ2) is 8.00. The van der Waals surface area contributed by atoms with Gasteiger partial charge in [-0.15, -0.1) is 16.8 Å². The first-order valence-corrected chi connectivity index (χ1v) is 9.87. The lowest BCUT2D eigenvalue weighted by atomic mass is 10.1. The van der Waals surface area contributed by atoms with Crippen LogP contribution in [0.4, 0.5) is 10.1 Å². The van der Waals surface area contributed by atoms with Gasteiger partial charge in [0.1, 0.15) is 5.82 Å². The zero-order chi connectivity index (χ0) is 20.4. The van der Waals surface area contributed by atoms with Crippen molar-refractivity contribution in [3.05, 3.63) is 72.6 Å². The molecule has 0 saturated heterocycles. The highest BCUT2D eigenvalue weighted by Gasteiger charge is 2.35.